The van der Waals surface area contributed by atoms with Gasteiger partial charge < -0.3 is 5.32 Å². The van der Waals surface area contributed by atoms with Gasteiger partial charge in [-0.3, -0.25) is 4.79 Å². The van der Waals surface area contributed by atoms with Gasteiger partial charge in [-0.2, -0.15) is 5.10 Å². The fourth-order valence-electron chi connectivity index (χ4n) is 2.08. The highest BCUT2D eigenvalue weighted by Crippen LogP contribution is 2.28. The largest absolute Gasteiger partial charge is 0.311 e. The fraction of sp³-hybridized carbons (Fsp3) is 0.267. The number of hydrogen-bond donors (Lipinski definition) is 1. The lowest BCUT2D eigenvalue weighted by molar-refractivity contribution is -0.115. The summed E-state index contributed by atoms with van der Waals surface area (Å²) in [5.41, 5.74) is 0.793. The number of carbonyl (C=O) groups is 1. The van der Waals surface area contributed by atoms with Crippen LogP contribution in [0.1, 0.15) is 25.6 Å². The molecule has 0 saturated carbocycles. The summed E-state index contributed by atoms with van der Waals surface area (Å²) in [6.45, 7) is 4.05. The Hall–Kier alpha value is -1.99. The van der Waals surface area contributed by atoms with E-state index in [0.717, 1.165) is 15.6 Å². The molecule has 7 heteroatoms. The number of nitrogens with one attached hydrogen (secondary N) is 1. The first-order valence-corrected chi connectivity index (χ1v) is 8.71. The molecule has 0 fully saturated rings. The SMILES string of the molecule is CC(C)n1nccc1NC(=O)Cc1csc(-c2cccs2)n1. The van der Waals surface area contributed by atoms with Crippen LogP contribution in [0, 0.1) is 0 Å². The standard InChI is InChI=1S/C15H16N4OS2/c1-10(2)19-13(5-6-16-19)18-14(20)8-11-9-22-15(17-11)12-4-3-7-21-12/h3-7,9-10H,8H2,1-2H3,(H,18,20). The van der Waals surface area contributed by atoms with Crippen molar-refractivity contribution in [1.29, 1.82) is 0 Å². The highest BCUT2D eigenvalue weighted by atomic mass is 32.1. The van der Waals surface area contributed by atoms with Crippen LogP contribution in [0.4, 0.5) is 5.82 Å². The number of rotatable bonds is 5. The number of anilines is 1. The molecule has 5 nitrogen and oxygen atoms in total. The zero-order chi connectivity index (χ0) is 15.5. The van der Waals surface area contributed by atoms with Gasteiger partial charge in [0.15, 0.2) is 0 Å². The molecule has 0 unspecified atom stereocenters. The molecule has 1 amide bonds. The third kappa shape index (κ3) is 3.26. The number of aromatic nitrogens is 3. The summed E-state index contributed by atoms with van der Waals surface area (Å²) in [5.74, 6) is 0.638. The zero-order valence-electron chi connectivity index (χ0n) is 12.3. The van der Waals surface area contributed by atoms with E-state index < -0.39 is 0 Å². The highest BCUT2D eigenvalue weighted by molar-refractivity contribution is 7.20. The molecule has 0 atom stereocenters. The van der Waals surface area contributed by atoms with Gasteiger partial charge in [0.2, 0.25) is 5.91 Å². The maximum absolute atomic E-state index is 12.2. The van der Waals surface area contributed by atoms with E-state index in [0.29, 0.717) is 5.82 Å². The summed E-state index contributed by atoms with van der Waals surface area (Å²) in [4.78, 5) is 17.8. The number of nitrogens with zero attached hydrogens (tertiary/aromatic N) is 3. The Labute approximate surface area is 136 Å². The smallest absolute Gasteiger partial charge is 0.231 e. The molecule has 0 aliphatic heterocycles. The third-order valence-electron chi connectivity index (χ3n) is 3.05. The van der Waals surface area contributed by atoms with Gasteiger partial charge in [-0.1, -0.05) is 6.07 Å². The number of carbonyl (C=O) groups excluding carboxylic acids is 1. The summed E-state index contributed by atoms with van der Waals surface area (Å²) in [5, 5.41) is 12.0. The van der Waals surface area contributed by atoms with Crippen molar-refractivity contribution in [2.45, 2.75) is 26.3 Å². The maximum Gasteiger partial charge on any atom is 0.231 e. The molecule has 0 aromatic carbocycles. The van der Waals surface area contributed by atoms with E-state index in [-0.39, 0.29) is 18.4 Å². The molecular weight excluding hydrogens is 316 g/mol. The topological polar surface area (TPSA) is 59.8 Å². The maximum atomic E-state index is 12.2. The van der Waals surface area contributed by atoms with Gasteiger partial charge in [0.1, 0.15) is 10.8 Å². The molecule has 0 bridgehead atoms. The van der Waals surface area contributed by atoms with Crippen LogP contribution in [-0.2, 0) is 11.2 Å². The van der Waals surface area contributed by atoms with Crippen molar-refractivity contribution in [1.82, 2.24) is 14.8 Å². The Morgan fingerprint density at radius 3 is 2.95 bits per heavy atom. The van der Waals surface area contributed by atoms with Crippen LogP contribution in [0.2, 0.25) is 0 Å². The summed E-state index contributed by atoms with van der Waals surface area (Å²) >= 11 is 3.22. The number of thiazole rings is 1. The van der Waals surface area contributed by atoms with Gasteiger partial charge >= 0.3 is 0 Å². The highest BCUT2D eigenvalue weighted by Gasteiger charge is 2.12. The van der Waals surface area contributed by atoms with Crippen molar-refractivity contribution < 1.29 is 4.79 Å². The number of amides is 1. The van der Waals surface area contributed by atoms with E-state index in [1.54, 1.807) is 39.6 Å². The molecule has 1 N–H and O–H groups in total. The second kappa shape index (κ2) is 6.41. The quantitative estimate of drug-likeness (QED) is 0.772. The summed E-state index contributed by atoms with van der Waals surface area (Å²) in [6, 6.07) is 6.04. The van der Waals surface area contributed by atoms with Crippen LogP contribution in [0.3, 0.4) is 0 Å². The normalized spacial score (nSPS) is 11.0. The van der Waals surface area contributed by atoms with Crippen molar-refractivity contribution in [2.75, 3.05) is 5.32 Å². The fourth-order valence-corrected chi connectivity index (χ4v) is 3.71. The summed E-state index contributed by atoms with van der Waals surface area (Å²) in [7, 11) is 0. The Morgan fingerprint density at radius 2 is 2.23 bits per heavy atom. The minimum atomic E-state index is -0.0783. The molecule has 3 rings (SSSR count). The van der Waals surface area contributed by atoms with Crippen LogP contribution >= 0.6 is 22.7 Å². The summed E-state index contributed by atoms with van der Waals surface area (Å²) < 4.78 is 1.79. The van der Waals surface area contributed by atoms with Gasteiger partial charge in [-0.25, -0.2) is 9.67 Å². The monoisotopic (exact) mass is 332 g/mol. The van der Waals surface area contributed by atoms with Crippen LogP contribution in [0.25, 0.3) is 9.88 Å². The molecule has 22 heavy (non-hydrogen) atoms. The number of hydrogen-bond acceptors (Lipinski definition) is 5. The van der Waals surface area contributed by atoms with Crippen molar-refractivity contribution in [2.24, 2.45) is 0 Å². The Morgan fingerprint density at radius 1 is 1.36 bits per heavy atom. The minimum absolute atomic E-state index is 0.0783. The molecule has 0 spiro atoms. The van der Waals surface area contributed by atoms with E-state index in [1.807, 2.05) is 36.7 Å². The van der Waals surface area contributed by atoms with Gasteiger partial charge in [0, 0.05) is 17.5 Å². The van der Waals surface area contributed by atoms with Crippen LogP contribution in [-0.4, -0.2) is 20.7 Å². The van der Waals surface area contributed by atoms with Crippen LogP contribution < -0.4 is 5.32 Å². The first-order chi connectivity index (χ1) is 10.6. The average molecular weight is 332 g/mol. The van der Waals surface area contributed by atoms with E-state index in [2.05, 4.69) is 15.4 Å². The lowest BCUT2D eigenvalue weighted by Crippen LogP contribution is -2.18. The lowest BCUT2D eigenvalue weighted by atomic mass is 10.3. The molecule has 0 aliphatic rings. The second-order valence-electron chi connectivity index (χ2n) is 5.10. The predicted molar refractivity (Wildman–Crippen MR) is 90.4 cm³/mol. The van der Waals surface area contributed by atoms with Gasteiger partial charge in [-0.15, -0.1) is 22.7 Å². The molecule has 0 aliphatic carbocycles. The van der Waals surface area contributed by atoms with Crippen LogP contribution in [0.15, 0.2) is 35.2 Å². The molecule has 0 radical (unpaired) electrons. The Kier molecular flexibility index (Phi) is 4.35. The summed E-state index contributed by atoms with van der Waals surface area (Å²) in [6.07, 6.45) is 1.96. The van der Waals surface area contributed by atoms with Gasteiger partial charge in [0.25, 0.3) is 0 Å². The van der Waals surface area contributed by atoms with E-state index in [9.17, 15) is 4.79 Å². The first-order valence-electron chi connectivity index (χ1n) is 6.95. The zero-order valence-corrected chi connectivity index (χ0v) is 13.9. The average Bonchev–Trinajstić information content (AvgIpc) is 3.18. The molecular formula is C15H16N4OS2. The molecule has 3 heterocycles. The molecule has 3 aromatic rings. The van der Waals surface area contributed by atoms with Gasteiger partial charge in [0.05, 0.1) is 23.2 Å². The van der Waals surface area contributed by atoms with Crippen molar-refractivity contribution in [3.63, 3.8) is 0 Å². The Bertz CT molecular complexity index is 758. The third-order valence-corrected chi connectivity index (χ3v) is 4.98. The van der Waals surface area contributed by atoms with E-state index in [4.69, 9.17) is 0 Å². The van der Waals surface area contributed by atoms with Gasteiger partial charge in [-0.05, 0) is 25.3 Å². The van der Waals surface area contributed by atoms with E-state index >= 15 is 0 Å². The molecule has 114 valence electrons. The van der Waals surface area contributed by atoms with Crippen molar-refractivity contribution in [3.05, 3.63) is 40.8 Å². The van der Waals surface area contributed by atoms with E-state index in [1.165, 1.54) is 0 Å². The first kappa shape index (κ1) is 14.9. The predicted octanol–water partition coefficient (Wildman–Crippen LogP) is 3.83. The molecule has 0 saturated heterocycles. The van der Waals surface area contributed by atoms with Crippen molar-refractivity contribution >= 4 is 34.4 Å². The number of thiophene rings is 1. The van der Waals surface area contributed by atoms with Crippen molar-refractivity contribution in [3.8, 4) is 9.88 Å². The minimum Gasteiger partial charge on any atom is -0.311 e. The van der Waals surface area contributed by atoms with Crippen LogP contribution in [0.5, 0.6) is 0 Å². The molecule has 3 aromatic heterocycles. The second-order valence-corrected chi connectivity index (χ2v) is 6.91. The lowest BCUT2D eigenvalue weighted by Gasteiger charge is -2.11. The Balaban J connectivity index is 1.66.